The maximum atomic E-state index is 12.1. The van der Waals surface area contributed by atoms with Gasteiger partial charge in [-0.05, 0) is 42.5 Å². The van der Waals surface area contributed by atoms with Crippen molar-refractivity contribution >= 4 is 11.8 Å². The number of carbonyl (C=O) groups is 2. The molecule has 0 fully saturated rings. The predicted molar refractivity (Wildman–Crippen MR) is 90.7 cm³/mol. The molecule has 0 atom stereocenters. The Morgan fingerprint density at radius 2 is 1.60 bits per heavy atom. The van der Waals surface area contributed by atoms with Crippen LogP contribution in [0.25, 0.3) is 11.3 Å². The molecular formula is C19H14N2O4. The van der Waals surface area contributed by atoms with Crippen LogP contribution in [0.3, 0.4) is 0 Å². The van der Waals surface area contributed by atoms with E-state index in [-0.39, 0.29) is 18.0 Å². The minimum Gasteiger partial charge on any atom is -0.485 e. The molecular weight excluding hydrogens is 320 g/mol. The van der Waals surface area contributed by atoms with Gasteiger partial charge in [-0.3, -0.25) is 4.79 Å². The third-order valence-electron chi connectivity index (χ3n) is 3.56. The molecule has 3 aromatic rings. The summed E-state index contributed by atoms with van der Waals surface area (Å²) < 4.78 is 5.49. The van der Waals surface area contributed by atoms with Crippen molar-refractivity contribution in [3.8, 4) is 17.0 Å². The molecule has 0 bridgehead atoms. The van der Waals surface area contributed by atoms with E-state index in [4.69, 9.17) is 9.84 Å². The van der Waals surface area contributed by atoms with Gasteiger partial charge in [-0.1, -0.05) is 12.1 Å². The Morgan fingerprint density at radius 3 is 2.20 bits per heavy atom. The minimum absolute atomic E-state index is 0.126. The van der Waals surface area contributed by atoms with E-state index in [1.807, 2.05) is 12.1 Å². The Hall–Kier alpha value is -3.54. The van der Waals surface area contributed by atoms with E-state index < -0.39 is 5.97 Å². The molecule has 6 nitrogen and oxygen atoms in total. The van der Waals surface area contributed by atoms with E-state index >= 15 is 0 Å². The molecule has 0 spiro atoms. The van der Waals surface area contributed by atoms with Crippen molar-refractivity contribution in [2.24, 2.45) is 0 Å². The summed E-state index contributed by atoms with van der Waals surface area (Å²) in [5.74, 6) is -0.691. The number of aromatic carboxylic acids is 1. The molecule has 0 aliphatic carbocycles. The van der Waals surface area contributed by atoms with Gasteiger partial charge < -0.3 is 9.84 Å². The van der Waals surface area contributed by atoms with Crippen LogP contribution in [0.1, 0.15) is 20.7 Å². The van der Waals surface area contributed by atoms with Crippen molar-refractivity contribution in [3.05, 3.63) is 78.2 Å². The molecule has 0 aliphatic rings. The van der Waals surface area contributed by atoms with Crippen LogP contribution in [-0.2, 0) is 0 Å². The Morgan fingerprint density at radius 1 is 0.920 bits per heavy atom. The second-order valence-electron chi connectivity index (χ2n) is 5.21. The molecule has 0 saturated carbocycles. The summed E-state index contributed by atoms with van der Waals surface area (Å²) in [6.07, 6.45) is 3.15. The van der Waals surface area contributed by atoms with Gasteiger partial charge in [-0.2, -0.15) is 0 Å². The highest BCUT2D eigenvalue weighted by atomic mass is 16.5. The largest absolute Gasteiger partial charge is 0.485 e. The van der Waals surface area contributed by atoms with Gasteiger partial charge in [0.1, 0.15) is 12.1 Å². The van der Waals surface area contributed by atoms with Crippen molar-refractivity contribution in [1.82, 2.24) is 9.97 Å². The third-order valence-corrected chi connectivity index (χ3v) is 3.56. The fraction of sp³-hybridized carbons (Fsp3) is 0.0526. The second kappa shape index (κ2) is 7.35. The van der Waals surface area contributed by atoms with Gasteiger partial charge in [-0.25, -0.2) is 14.8 Å². The molecule has 2 aromatic carbocycles. The summed E-state index contributed by atoms with van der Waals surface area (Å²) in [5, 5.41) is 8.85. The molecule has 1 aromatic heterocycles. The lowest BCUT2D eigenvalue weighted by Gasteiger charge is -2.07. The number of ketones is 1. The number of hydrogen-bond acceptors (Lipinski definition) is 5. The van der Waals surface area contributed by atoms with Gasteiger partial charge in [-0.15, -0.1) is 0 Å². The van der Waals surface area contributed by atoms with Crippen molar-refractivity contribution in [2.45, 2.75) is 0 Å². The molecule has 0 radical (unpaired) electrons. The lowest BCUT2D eigenvalue weighted by atomic mass is 10.1. The maximum absolute atomic E-state index is 12.1. The monoisotopic (exact) mass is 334 g/mol. The Bertz CT molecular complexity index is 876. The molecule has 1 heterocycles. The number of carbonyl (C=O) groups excluding carboxylic acids is 1. The van der Waals surface area contributed by atoms with E-state index in [0.29, 0.717) is 11.3 Å². The van der Waals surface area contributed by atoms with E-state index in [2.05, 4.69) is 9.97 Å². The highest BCUT2D eigenvalue weighted by molar-refractivity contribution is 5.98. The zero-order valence-corrected chi connectivity index (χ0v) is 13.1. The van der Waals surface area contributed by atoms with E-state index in [9.17, 15) is 9.59 Å². The summed E-state index contributed by atoms with van der Waals surface area (Å²) in [6, 6.07) is 14.8. The fourth-order valence-corrected chi connectivity index (χ4v) is 2.21. The molecule has 0 saturated heterocycles. The number of nitrogens with zero attached hydrogens (tertiary/aromatic N) is 2. The molecule has 3 rings (SSSR count). The predicted octanol–water partition coefficient (Wildman–Crippen LogP) is 3.10. The highest BCUT2D eigenvalue weighted by Gasteiger charge is 2.09. The number of ether oxygens (including phenoxy) is 1. The number of rotatable bonds is 6. The molecule has 25 heavy (non-hydrogen) atoms. The number of Topliss-reactive ketones (excluding diaryl/α,β-unsaturated/α-hetero) is 1. The van der Waals surface area contributed by atoms with Crippen LogP contribution in [0.4, 0.5) is 0 Å². The number of hydrogen-bond donors (Lipinski definition) is 1. The van der Waals surface area contributed by atoms with Crippen LogP contribution < -0.4 is 4.74 Å². The molecule has 0 aliphatic heterocycles. The number of carboxylic acids is 1. The number of benzene rings is 2. The first-order valence-electron chi connectivity index (χ1n) is 7.49. The molecule has 6 heteroatoms. The average Bonchev–Trinajstić information content (AvgIpc) is 2.67. The van der Waals surface area contributed by atoms with Crippen LogP contribution in [0.2, 0.25) is 0 Å². The zero-order chi connectivity index (χ0) is 17.6. The van der Waals surface area contributed by atoms with E-state index in [1.54, 1.807) is 24.4 Å². The number of aromatic nitrogens is 2. The zero-order valence-electron chi connectivity index (χ0n) is 13.1. The van der Waals surface area contributed by atoms with Crippen molar-refractivity contribution in [1.29, 1.82) is 0 Å². The summed E-state index contributed by atoms with van der Waals surface area (Å²) in [7, 11) is 0. The number of carboxylic acid groups (broad SMARTS) is 1. The quantitative estimate of drug-likeness (QED) is 0.697. The van der Waals surface area contributed by atoms with Gasteiger partial charge in [0.2, 0.25) is 0 Å². The van der Waals surface area contributed by atoms with Gasteiger partial charge in [0.25, 0.3) is 0 Å². The first kappa shape index (κ1) is 16.3. The topological polar surface area (TPSA) is 89.4 Å². The van der Waals surface area contributed by atoms with Crippen molar-refractivity contribution < 1.29 is 19.4 Å². The maximum Gasteiger partial charge on any atom is 0.335 e. The first-order valence-corrected chi connectivity index (χ1v) is 7.49. The summed E-state index contributed by atoms with van der Waals surface area (Å²) in [5.41, 5.74) is 2.27. The van der Waals surface area contributed by atoms with Crippen LogP contribution in [-0.4, -0.2) is 33.4 Å². The van der Waals surface area contributed by atoms with Crippen molar-refractivity contribution in [2.75, 3.05) is 6.61 Å². The fourth-order valence-electron chi connectivity index (χ4n) is 2.21. The lowest BCUT2D eigenvalue weighted by molar-refractivity contribution is 0.0696. The van der Waals surface area contributed by atoms with Gasteiger partial charge >= 0.3 is 5.97 Å². The smallest absolute Gasteiger partial charge is 0.335 e. The summed E-state index contributed by atoms with van der Waals surface area (Å²) >= 11 is 0. The van der Waals surface area contributed by atoms with Crippen molar-refractivity contribution in [3.63, 3.8) is 0 Å². The highest BCUT2D eigenvalue weighted by Crippen LogP contribution is 2.20. The Labute approximate surface area is 143 Å². The SMILES string of the molecule is O=C(O)c1ccc(C(=O)COc2ccc(-c3ccncn3)cc2)cc1. The van der Waals surface area contributed by atoms with Crippen LogP contribution >= 0.6 is 0 Å². The van der Waals surface area contributed by atoms with Crippen LogP contribution in [0.5, 0.6) is 5.75 Å². The first-order chi connectivity index (χ1) is 12.1. The van der Waals surface area contributed by atoms with E-state index in [0.717, 1.165) is 11.3 Å². The Kier molecular flexibility index (Phi) is 4.80. The lowest BCUT2D eigenvalue weighted by Crippen LogP contribution is -2.11. The van der Waals surface area contributed by atoms with Crippen LogP contribution in [0, 0.1) is 0 Å². The average molecular weight is 334 g/mol. The van der Waals surface area contributed by atoms with Crippen LogP contribution in [0.15, 0.2) is 67.1 Å². The van der Waals surface area contributed by atoms with Gasteiger partial charge in [0, 0.05) is 17.3 Å². The van der Waals surface area contributed by atoms with Gasteiger partial charge in [0.15, 0.2) is 12.4 Å². The third kappa shape index (κ3) is 4.06. The molecule has 0 unspecified atom stereocenters. The Balaban J connectivity index is 1.61. The van der Waals surface area contributed by atoms with Gasteiger partial charge in [0.05, 0.1) is 11.3 Å². The summed E-state index contributed by atoms with van der Waals surface area (Å²) in [4.78, 5) is 30.9. The molecule has 1 N–H and O–H groups in total. The minimum atomic E-state index is -1.03. The molecule has 124 valence electrons. The van der Waals surface area contributed by atoms with E-state index in [1.165, 1.54) is 30.6 Å². The second-order valence-corrected chi connectivity index (χ2v) is 5.21. The normalized spacial score (nSPS) is 10.2. The standard InChI is InChI=1S/C19H14N2O4/c22-18(14-1-3-15(4-2-14)19(23)24)11-25-16-7-5-13(6-8-16)17-9-10-20-12-21-17/h1-10,12H,11H2,(H,23,24). The summed E-state index contributed by atoms with van der Waals surface area (Å²) in [6.45, 7) is -0.126. The molecule has 0 amide bonds.